The molecule has 0 spiro atoms. The second kappa shape index (κ2) is 6.24. The molecule has 0 unspecified atom stereocenters. The summed E-state index contributed by atoms with van der Waals surface area (Å²) in [5, 5.41) is 0. The van der Waals surface area contributed by atoms with Gasteiger partial charge in [-0.15, -0.1) is 0 Å². The Hall–Kier alpha value is -1.26. The topological polar surface area (TPSA) is 24.9 Å². The van der Waals surface area contributed by atoms with E-state index in [-0.39, 0.29) is 0 Å². The molecule has 0 amide bonds. The van der Waals surface area contributed by atoms with Crippen LogP contribution in [0.25, 0.3) is 0 Å². The largest absolute Gasteiger partial charge is 0.493 e. The highest BCUT2D eigenvalue weighted by Crippen LogP contribution is 2.31. The normalized spacial score (nSPS) is 26.6. The summed E-state index contributed by atoms with van der Waals surface area (Å²) < 4.78 is 10.7. The van der Waals surface area contributed by atoms with Crippen LogP contribution < -0.4 is 9.47 Å². The summed E-state index contributed by atoms with van der Waals surface area (Å²) in [6, 6.07) is 7.64. The first-order valence-electron chi connectivity index (χ1n) is 7.92. The predicted octanol–water partition coefficient (Wildman–Crippen LogP) is 2.37. The number of nitrogens with zero attached hydrogens (tertiary/aromatic N) is 2. The lowest BCUT2D eigenvalue weighted by Crippen LogP contribution is -2.55. The minimum Gasteiger partial charge on any atom is -0.493 e. The van der Waals surface area contributed by atoms with Crippen LogP contribution in [0.15, 0.2) is 18.2 Å². The zero-order valence-electron chi connectivity index (χ0n) is 13.3. The van der Waals surface area contributed by atoms with E-state index < -0.39 is 0 Å². The van der Waals surface area contributed by atoms with Crippen LogP contribution in [0.3, 0.4) is 0 Å². The fraction of sp³-hybridized carbons (Fsp3) is 0.647. The molecule has 1 aromatic carbocycles. The number of benzene rings is 1. The summed E-state index contributed by atoms with van der Waals surface area (Å²) in [5.41, 5.74) is 1.30. The van der Waals surface area contributed by atoms with Crippen molar-refractivity contribution in [2.24, 2.45) is 0 Å². The first-order valence-corrected chi connectivity index (χ1v) is 7.92. The maximum absolute atomic E-state index is 5.41. The molecule has 4 heteroatoms. The molecule has 1 aromatic rings. The maximum Gasteiger partial charge on any atom is 0.161 e. The molecule has 0 aromatic heterocycles. The average Bonchev–Trinajstić information content (AvgIpc) is 2.99. The summed E-state index contributed by atoms with van der Waals surface area (Å²) in [5.74, 6) is 1.62. The Labute approximate surface area is 127 Å². The van der Waals surface area contributed by atoms with E-state index in [1.807, 2.05) is 6.07 Å². The minimum absolute atomic E-state index is 0.634. The van der Waals surface area contributed by atoms with Gasteiger partial charge in [0.05, 0.1) is 14.2 Å². The number of hydrogen-bond acceptors (Lipinski definition) is 4. The molecule has 21 heavy (non-hydrogen) atoms. The number of piperazine rings is 1. The van der Waals surface area contributed by atoms with Gasteiger partial charge in [-0.1, -0.05) is 6.07 Å². The highest BCUT2D eigenvalue weighted by molar-refractivity contribution is 5.42. The van der Waals surface area contributed by atoms with Crippen molar-refractivity contribution in [1.82, 2.24) is 9.80 Å². The lowest BCUT2D eigenvalue weighted by Gasteiger charge is -2.43. The maximum atomic E-state index is 5.41. The van der Waals surface area contributed by atoms with E-state index in [0.717, 1.165) is 30.6 Å². The zero-order chi connectivity index (χ0) is 14.8. The smallest absolute Gasteiger partial charge is 0.161 e. The summed E-state index contributed by atoms with van der Waals surface area (Å²) in [7, 11) is 3.38. The Kier molecular flexibility index (Phi) is 4.36. The van der Waals surface area contributed by atoms with Gasteiger partial charge in [-0.25, -0.2) is 0 Å². The van der Waals surface area contributed by atoms with Crippen molar-refractivity contribution in [2.75, 3.05) is 33.9 Å². The highest BCUT2D eigenvalue weighted by atomic mass is 16.5. The van der Waals surface area contributed by atoms with Gasteiger partial charge in [-0.3, -0.25) is 9.80 Å². The summed E-state index contributed by atoms with van der Waals surface area (Å²) in [6.45, 7) is 7.03. The summed E-state index contributed by atoms with van der Waals surface area (Å²) >= 11 is 0. The van der Waals surface area contributed by atoms with Crippen molar-refractivity contribution < 1.29 is 9.47 Å². The van der Waals surface area contributed by atoms with E-state index in [0.29, 0.717) is 6.04 Å². The number of rotatable bonds is 4. The Morgan fingerprint density at radius 1 is 1.10 bits per heavy atom. The Balaban J connectivity index is 1.71. The average molecular weight is 290 g/mol. The molecule has 2 aliphatic rings. The predicted molar refractivity (Wildman–Crippen MR) is 84.0 cm³/mol. The van der Waals surface area contributed by atoms with Crippen LogP contribution in [-0.4, -0.2) is 55.7 Å². The molecule has 0 saturated carbocycles. The van der Waals surface area contributed by atoms with Gasteiger partial charge in [0, 0.05) is 31.7 Å². The van der Waals surface area contributed by atoms with Gasteiger partial charge in [-0.05, 0) is 44.0 Å². The van der Waals surface area contributed by atoms with Gasteiger partial charge in [0.15, 0.2) is 11.5 Å². The van der Waals surface area contributed by atoms with Crippen molar-refractivity contribution >= 4 is 0 Å². The lowest BCUT2D eigenvalue weighted by atomic mass is 10.0. The second-order valence-corrected chi connectivity index (χ2v) is 6.15. The van der Waals surface area contributed by atoms with Crippen molar-refractivity contribution in [3.63, 3.8) is 0 Å². The molecule has 0 bridgehead atoms. The molecule has 116 valence electrons. The van der Waals surface area contributed by atoms with Gasteiger partial charge in [0.2, 0.25) is 0 Å². The molecule has 0 aliphatic carbocycles. The minimum atomic E-state index is 0.634. The van der Waals surface area contributed by atoms with Gasteiger partial charge in [0.25, 0.3) is 0 Å². The number of methoxy groups -OCH3 is 2. The molecule has 2 aliphatic heterocycles. The fourth-order valence-corrected chi connectivity index (χ4v) is 3.82. The molecule has 2 fully saturated rings. The van der Waals surface area contributed by atoms with E-state index in [2.05, 4.69) is 28.9 Å². The highest BCUT2D eigenvalue weighted by Gasteiger charge is 2.36. The molecule has 4 nitrogen and oxygen atoms in total. The molecular weight excluding hydrogens is 264 g/mol. The molecule has 3 rings (SSSR count). The second-order valence-electron chi connectivity index (χ2n) is 6.15. The Bertz CT molecular complexity index is 492. The first kappa shape index (κ1) is 14.7. The summed E-state index contributed by atoms with van der Waals surface area (Å²) in [6.07, 6.45) is 2.71. The van der Waals surface area contributed by atoms with Crippen molar-refractivity contribution in [3.05, 3.63) is 23.8 Å². The van der Waals surface area contributed by atoms with Gasteiger partial charge in [-0.2, -0.15) is 0 Å². The van der Waals surface area contributed by atoms with Crippen molar-refractivity contribution in [1.29, 1.82) is 0 Å². The van der Waals surface area contributed by atoms with E-state index in [1.54, 1.807) is 14.2 Å². The molecule has 2 saturated heterocycles. The van der Waals surface area contributed by atoms with E-state index in [9.17, 15) is 0 Å². The quantitative estimate of drug-likeness (QED) is 0.850. The molecule has 0 radical (unpaired) electrons. The van der Waals surface area contributed by atoms with Crippen LogP contribution in [-0.2, 0) is 6.54 Å². The third kappa shape index (κ3) is 2.87. The Morgan fingerprint density at radius 3 is 2.67 bits per heavy atom. The van der Waals surface area contributed by atoms with Gasteiger partial charge < -0.3 is 9.47 Å². The van der Waals surface area contributed by atoms with E-state index in [4.69, 9.17) is 9.47 Å². The molecule has 2 heterocycles. The van der Waals surface area contributed by atoms with E-state index >= 15 is 0 Å². The number of fused-ring (bicyclic) bond motifs is 1. The van der Waals surface area contributed by atoms with Crippen LogP contribution in [0, 0.1) is 0 Å². The van der Waals surface area contributed by atoms with Crippen LogP contribution >= 0.6 is 0 Å². The van der Waals surface area contributed by atoms with Crippen LogP contribution in [0.5, 0.6) is 11.5 Å². The van der Waals surface area contributed by atoms with Gasteiger partial charge >= 0.3 is 0 Å². The van der Waals surface area contributed by atoms with Gasteiger partial charge in [0.1, 0.15) is 0 Å². The van der Waals surface area contributed by atoms with Crippen molar-refractivity contribution in [2.45, 2.75) is 38.4 Å². The van der Waals surface area contributed by atoms with Crippen LogP contribution in [0.1, 0.15) is 25.3 Å². The summed E-state index contributed by atoms with van der Waals surface area (Å²) in [4.78, 5) is 5.27. The monoisotopic (exact) mass is 290 g/mol. The molecular formula is C17H26N2O2. The fourth-order valence-electron chi connectivity index (χ4n) is 3.82. The third-order valence-corrected chi connectivity index (χ3v) is 5.06. The third-order valence-electron chi connectivity index (χ3n) is 5.06. The molecule has 0 N–H and O–H groups in total. The van der Waals surface area contributed by atoms with E-state index in [1.165, 1.54) is 31.5 Å². The standard InChI is InChI=1S/C17H26N2O2/c1-13-15-5-4-8-18(15)9-10-19(13)12-14-6-7-16(20-2)17(11-14)21-3/h6-7,11,13,15H,4-5,8-10,12H2,1-3H3/t13-,15-/m1/s1. The van der Waals surface area contributed by atoms with Crippen LogP contribution in [0.2, 0.25) is 0 Å². The number of ether oxygens (including phenoxy) is 2. The van der Waals surface area contributed by atoms with Crippen molar-refractivity contribution in [3.8, 4) is 11.5 Å². The molecule has 2 atom stereocenters. The Morgan fingerprint density at radius 2 is 1.90 bits per heavy atom. The SMILES string of the molecule is COc1ccc(CN2CCN3CCC[C@@H]3[C@H]2C)cc1OC. The zero-order valence-corrected chi connectivity index (χ0v) is 13.3. The first-order chi connectivity index (χ1) is 10.2. The lowest BCUT2D eigenvalue weighted by molar-refractivity contribution is 0.0470. The number of hydrogen-bond donors (Lipinski definition) is 0. The van der Waals surface area contributed by atoms with Crippen LogP contribution in [0.4, 0.5) is 0 Å².